The van der Waals surface area contributed by atoms with Crippen molar-refractivity contribution in [1.29, 1.82) is 6.74 Å². The molecule has 10 atom stereocenters. The fraction of sp³-hybridized carbons (Fsp3) is 0.515. The lowest BCUT2D eigenvalue weighted by molar-refractivity contribution is -0.337. The highest BCUT2D eigenvalue weighted by molar-refractivity contribution is 8.15. The summed E-state index contributed by atoms with van der Waals surface area (Å²) in [6, 6.07) is 16.7. The number of azide groups is 1. The van der Waals surface area contributed by atoms with Gasteiger partial charge in [-0.3, -0.25) is 15.0 Å². The molecule has 19 heteroatoms. The van der Waals surface area contributed by atoms with Crippen LogP contribution in [0.15, 0.2) is 65.8 Å². The number of nitrogens with zero attached hydrogens (tertiary/aromatic N) is 3. The van der Waals surface area contributed by atoms with E-state index < -0.39 is 79.3 Å². The number of benzene rings is 2. The molecule has 1 N–H and O–H groups in total. The summed E-state index contributed by atoms with van der Waals surface area (Å²) in [5, 5.41) is 11.8. The largest absolute Gasteiger partial charge is 0.467 e. The molecule has 279 valence electrons. The van der Waals surface area contributed by atoms with Gasteiger partial charge in [0.25, 0.3) is 0 Å². The Labute approximate surface area is 306 Å². The molecule has 4 unspecified atom stereocenters. The Bertz CT molecular complexity index is 1560. The van der Waals surface area contributed by atoms with E-state index in [0.29, 0.717) is 17.5 Å². The molecule has 52 heavy (non-hydrogen) atoms. The Morgan fingerprint density at radius 2 is 1.52 bits per heavy atom. The van der Waals surface area contributed by atoms with E-state index in [4.69, 9.17) is 53.6 Å². The lowest BCUT2D eigenvalue weighted by atomic mass is 9.95. The fourth-order valence-electron chi connectivity index (χ4n) is 5.66. The number of rotatable bonds is 17. The number of carbonyl (C=O) groups is 3. The predicted molar refractivity (Wildman–Crippen MR) is 183 cm³/mol. The maximum absolute atomic E-state index is 13.4. The molecule has 0 bridgehead atoms. The summed E-state index contributed by atoms with van der Waals surface area (Å²) in [5.74, 6) is -2.82. The summed E-state index contributed by atoms with van der Waals surface area (Å²) in [5.41, 5.74) is 11.2. The summed E-state index contributed by atoms with van der Waals surface area (Å²) >= 11 is 0.618. The zero-order valence-electron chi connectivity index (χ0n) is 29.8. The standard InChI is InChI=1S/C33H40BN4O13S/c1-18(35)45-33-30(47-20(3)40)27(44-16-22-13-9-6-10-14-22)28(29(50-33)31(41)42-4)49-32-24(37-38-36)26(46-19(2)39)25(51-52-34)23(48-32)17-43-15-21-11-7-5-8-12-21/h5-14,23-30,32-35H,15-17H2,1-4H3/t23?,24?,25-,26+,27+,28+,29?,30?,32-,33+/m0/s1/i34T. The van der Waals surface area contributed by atoms with Crippen molar-refractivity contribution in [2.45, 2.75) is 95.3 Å². The van der Waals surface area contributed by atoms with Crippen LogP contribution in [0.5, 0.6) is 0 Å². The molecule has 2 fully saturated rings. The van der Waals surface area contributed by atoms with Crippen LogP contribution in [0.3, 0.4) is 0 Å². The van der Waals surface area contributed by atoms with Crippen molar-refractivity contribution in [2.24, 2.45) is 5.11 Å². The number of ether oxygens (including phenoxy) is 9. The Morgan fingerprint density at radius 1 is 0.885 bits per heavy atom. The van der Waals surface area contributed by atoms with Crippen LogP contribution >= 0.6 is 11.9 Å². The normalized spacial score (nSPS) is 28.7. The van der Waals surface area contributed by atoms with Crippen LogP contribution in [0, 0.1) is 5.41 Å². The topological polar surface area (TPSA) is 216 Å². The molecule has 4 rings (SSSR count). The van der Waals surface area contributed by atoms with Crippen LogP contribution in [-0.4, -0.2) is 107 Å². The zero-order chi connectivity index (χ0) is 38.3. The minimum Gasteiger partial charge on any atom is -0.467 e. The van der Waals surface area contributed by atoms with Gasteiger partial charge in [0.2, 0.25) is 13.4 Å². The van der Waals surface area contributed by atoms with E-state index in [9.17, 15) is 19.9 Å². The number of nitrogens with one attached hydrogen (secondary N) is 1. The SMILES string of the molecule is [3H][B]SO[C@H]1C(COCc2ccccc2)O[C@@H](O[C@H]2C(C(=O)OC)O[C@@H](OC(C)=N)C(OC(C)=O)[C@@H]2OCc2ccccc2)C(N=[N+]=[N-])[C@H]1OC(C)=O. The number of carbonyl (C=O) groups excluding carboxylic acids is 3. The average molecular weight is 746 g/mol. The Kier molecular flexibility index (Phi) is 15.1. The van der Waals surface area contributed by atoms with Crippen molar-refractivity contribution in [3.05, 3.63) is 82.2 Å². The summed E-state index contributed by atoms with van der Waals surface area (Å²) in [6.45, 7) is 3.51. The predicted octanol–water partition coefficient (Wildman–Crippen LogP) is 3.20. The van der Waals surface area contributed by atoms with E-state index in [2.05, 4.69) is 10.0 Å². The first kappa shape index (κ1) is 39.0. The van der Waals surface area contributed by atoms with E-state index >= 15 is 0 Å². The molecule has 0 aliphatic carbocycles. The summed E-state index contributed by atoms with van der Waals surface area (Å²) in [7, 11) is 2.01. The molecule has 0 amide bonds. The number of hydrogen-bond donors (Lipinski definition) is 1. The maximum atomic E-state index is 13.4. The summed E-state index contributed by atoms with van der Waals surface area (Å²) in [4.78, 5) is 41.2. The smallest absolute Gasteiger partial charge is 0.338 e. The Balaban J connectivity index is 1.77. The third-order valence-electron chi connectivity index (χ3n) is 7.76. The van der Waals surface area contributed by atoms with E-state index in [1.54, 1.807) is 24.3 Å². The highest BCUT2D eigenvalue weighted by atomic mass is 32.2. The molecular formula is C33H40BN4O13S. The molecule has 0 saturated carbocycles. The van der Waals surface area contributed by atoms with Crippen LogP contribution in [0.4, 0.5) is 0 Å². The minimum atomic E-state index is -1.66. The highest BCUT2D eigenvalue weighted by Gasteiger charge is 2.57. The summed E-state index contributed by atoms with van der Waals surface area (Å²) < 4.78 is 66.2. The Hall–Kier alpha value is -4.20. The molecular weight excluding hydrogens is 703 g/mol. The molecule has 2 heterocycles. The highest BCUT2D eigenvalue weighted by Crippen LogP contribution is 2.36. The van der Waals surface area contributed by atoms with Gasteiger partial charge in [-0.25, -0.2) is 4.79 Å². The number of esters is 3. The van der Waals surface area contributed by atoms with Crippen LogP contribution in [-0.2, 0) is 74.4 Å². The van der Waals surface area contributed by atoms with E-state index in [1.807, 2.05) is 36.4 Å². The molecule has 2 saturated heterocycles. The molecule has 2 aliphatic heterocycles. The molecule has 0 spiro atoms. The summed E-state index contributed by atoms with van der Waals surface area (Å²) in [6.07, 6.45) is -12.8. The van der Waals surface area contributed by atoms with Gasteiger partial charge in [-0.05, 0) is 18.0 Å². The molecule has 2 aromatic carbocycles. The number of methoxy groups -OCH3 is 1. The van der Waals surface area contributed by atoms with Gasteiger partial charge in [0, 0.05) is 25.7 Å². The van der Waals surface area contributed by atoms with Crippen LogP contribution < -0.4 is 0 Å². The van der Waals surface area contributed by atoms with Gasteiger partial charge in [0.05, 0.1) is 26.9 Å². The molecule has 2 aliphatic rings. The zero-order valence-corrected chi connectivity index (χ0v) is 29.6. The van der Waals surface area contributed by atoms with Crippen LogP contribution in [0.25, 0.3) is 10.4 Å². The van der Waals surface area contributed by atoms with Crippen molar-refractivity contribution in [2.75, 3.05) is 13.7 Å². The maximum Gasteiger partial charge on any atom is 0.338 e. The van der Waals surface area contributed by atoms with Gasteiger partial charge in [-0.15, -0.1) is 0 Å². The average Bonchev–Trinajstić information content (AvgIpc) is 3.13. The van der Waals surface area contributed by atoms with Gasteiger partial charge >= 0.3 is 17.9 Å². The third kappa shape index (κ3) is 11.2. The first-order chi connectivity index (χ1) is 25.6. The van der Waals surface area contributed by atoms with E-state index in [0.717, 1.165) is 33.6 Å². The van der Waals surface area contributed by atoms with Crippen molar-refractivity contribution >= 4 is 42.8 Å². The van der Waals surface area contributed by atoms with Crippen molar-refractivity contribution in [1.82, 2.24) is 0 Å². The second kappa shape index (κ2) is 20.2. The van der Waals surface area contributed by atoms with Gasteiger partial charge < -0.3 is 46.8 Å². The van der Waals surface area contributed by atoms with Crippen LogP contribution in [0.1, 0.15) is 31.9 Å². The van der Waals surface area contributed by atoms with Crippen molar-refractivity contribution < 1.29 is 61.2 Å². The van der Waals surface area contributed by atoms with Gasteiger partial charge in [-0.2, -0.15) is 0 Å². The second-order valence-corrected chi connectivity index (χ2v) is 11.9. The third-order valence-corrected chi connectivity index (χ3v) is 8.10. The second-order valence-electron chi connectivity index (χ2n) is 11.5. The van der Waals surface area contributed by atoms with Crippen molar-refractivity contribution in [3.8, 4) is 0 Å². The monoisotopic (exact) mass is 745 g/mol. The fourth-order valence-corrected chi connectivity index (χ4v) is 6.02. The molecule has 2 aromatic rings. The number of hydrogen-bond acceptors (Lipinski definition) is 16. The lowest BCUT2D eigenvalue weighted by Crippen LogP contribution is -2.66. The first-order valence-electron chi connectivity index (χ1n) is 16.6. The Morgan fingerprint density at radius 3 is 2.10 bits per heavy atom. The molecule has 0 aromatic heterocycles. The van der Waals surface area contributed by atoms with Crippen molar-refractivity contribution in [3.63, 3.8) is 0 Å². The van der Waals surface area contributed by atoms with Gasteiger partial charge in [-0.1, -0.05) is 77.7 Å². The van der Waals surface area contributed by atoms with Gasteiger partial charge in [0.1, 0.15) is 36.6 Å². The minimum absolute atomic E-state index is 0.0819. The quantitative estimate of drug-likeness (QED) is 0.0283. The van der Waals surface area contributed by atoms with Gasteiger partial charge in [0.15, 0.2) is 24.4 Å². The lowest BCUT2D eigenvalue weighted by Gasteiger charge is -2.48. The van der Waals surface area contributed by atoms with E-state index in [-0.39, 0.29) is 25.7 Å². The molecule has 1 radical (unpaired) electrons. The molecule has 17 nitrogen and oxygen atoms in total. The van der Waals surface area contributed by atoms with E-state index in [1.165, 1.54) is 6.92 Å². The first-order valence-corrected chi connectivity index (χ1v) is 16.8. The van der Waals surface area contributed by atoms with Crippen LogP contribution in [0.2, 0.25) is 0 Å².